The molecule has 4 nitrogen and oxygen atoms in total. The Bertz CT molecular complexity index is 1120. The van der Waals surface area contributed by atoms with Crippen LogP contribution in [-0.2, 0) is 6.54 Å². The minimum atomic E-state index is -0.338. The topological polar surface area (TPSA) is 44.1 Å². The van der Waals surface area contributed by atoms with E-state index in [9.17, 15) is 4.79 Å². The Balaban J connectivity index is 1.64. The van der Waals surface area contributed by atoms with Crippen LogP contribution in [0.3, 0.4) is 0 Å². The van der Waals surface area contributed by atoms with Crippen molar-refractivity contribution in [2.75, 3.05) is 0 Å². The first-order valence-electron chi connectivity index (χ1n) is 8.91. The van der Waals surface area contributed by atoms with Crippen LogP contribution in [0.15, 0.2) is 54.6 Å². The highest BCUT2D eigenvalue weighted by atomic mass is 32.1. The second kappa shape index (κ2) is 7.00. The van der Waals surface area contributed by atoms with Gasteiger partial charge in [0.1, 0.15) is 10.6 Å². The number of fused-ring (bicyclic) bond motifs is 1. The van der Waals surface area contributed by atoms with Crippen LogP contribution in [0.25, 0.3) is 21.7 Å². The molecular formula is C22H20N2O2S. The molecule has 2 aromatic carbocycles. The number of esters is 1. The summed E-state index contributed by atoms with van der Waals surface area (Å²) in [6, 6.07) is 17.6. The number of para-hydroxylation sites is 2. The van der Waals surface area contributed by atoms with Crippen molar-refractivity contribution in [2.45, 2.75) is 27.3 Å². The Kier molecular flexibility index (Phi) is 4.54. The number of hydrogen-bond acceptors (Lipinski definition) is 4. The smallest absolute Gasteiger partial charge is 0.353 e. The molecule has 5 heteroatoms. The van der Waals surface area contributed by atoms with E-state index in [-0.39, 0.29) is 5.97 Å². The largest absolute Gasteiger partial charge is 0.422 e. The number of carbonyl (C=O) groups is 1. The number of imidazole rings is 1. The van der Waals surface area contributed by atoms with Crippen molar-refractivity contribution in [3.8, 4) is 16.5 Å². The summed E-state index contributed by atoms with van der Waals surface area (Å²) >= 11 is 1.41. The SMILES string of the molecule is CCn1c(-c2ccc(C(=O)Oc3cc(C)cc(C)c3)s2)nc2ccccc21. The lowest BCUT2D eigenvalue weighted by atomic mass is 10.1. The predicted molar refractivity (Wildman–Crippen MR) is 110 cm³/mol. The number of aryl methyl sites for hydroxylation is 3. The Labute approximate surface area is 162 Å². The molecule has 136 valence electrons. The minimum absolute atomic E-state index is 0.338. The van der Waals surface area contributed by atoms with Gasteiger partial charge in [-0.25, -0.2) is 9.78 Å². The molecule has 0 spiro atoms. The third-order valence-electron chi connectivity index (χ3n) is 4.40. The van der Waals surface area contributed by atoms with E-state index in [1.54, 1.807) is 0 Å². The molecule has 2 aromatic heterocycles. The Morgan fingerprint density at radius 1 is 1.07 bits per heavy atom. The maximum Gasteiger partial charge on any atom is 0.353 e. The molecule has 0 unspecified atom stereocenters. The average Bonchev–Trinajstić information content (AvgIpc) is 3.25. The molecule has 0 amide bonds. The fourth-order valence-electron chi connectivity index (χ4n) is 3.30. The first kappa shape index (κ1) is 17.5. The number of hydrogen-bond donors (Lipinski definition) is 0. The monoisotopic (exact) mass is 376 g/mol. The highest BCUT2D eigenvalue weighted by molar-refractivity contribution is 7.17. The van der Waals surface area contributed by atoms with Crippen molar-refractivity contribution < 1.29 is 9.53 Å². The van der Waals surface area contributed by atoms with Gasteiger partial charge in [0.15, 0.2) is 5.82 Å². The predicted octanol–water partition coefficient (Wildman–Crippen LogP) is 5.62. The van der Waals surface area contributed by atoms with Crippen molar-refractivity contribution in [3.05, 3.63) is 70.6 Å². The average molecular weight is 376 g/mol. The van der Waals surface area contributed by atoms with Gasteiger partial charge < -0.3 is 9.30 Å². The van der Waals surface area contributed by atoms with Gasteiger partial charge in [0, 0.05) is 6.54 Å². The summed E-state index contributed by atoms with van der Waals surface area (Å²) in [5, 5.41) is 0. The maximum atomic E-state index is 12.6. The van der Waals surface area contributed by atoms with E-state index in [1.165, 1.54) is 11.3 Å². The van der Waals surface area contributed by atoms with Crippen LogP contribution in [0.5, 0.6) is 5.75 Å². The van der Waals surface area contributed by atoms with Gasteiger partial charge in [-0.1, -0.05) is 18.2 Å². The molecule has 0 atom stereocenters. The second-order valence-electron chi connectivity index (χ2n) is 6.55. The molecule has 0 aliphatic rings. The zero-order chi connectivity index (χ0) is 19.0. The number of thiophene rings is 1. The van der Waals surface area contributed by atoms with Crippen LogP contribution in [0, 0.1) is 13.8 Å². The summed E-state index contributed by atoms with van der Waals surface area (Å²) in [5.74, 6) is 1.12. The van der Waals surface area contributed by atoms with Crippen LogP contribution in [0.1, 0.15) is 27.7 Å². The molecule has 0 fully saturated rings. The quantitative estimate of drug-likeness (QED) is 0.343. The van der Waals surface area contributed by atoms with E-state index in [0.29, 0.717) is 10.6 Å². The first-order valence-corrected chi connectivity index (χ1v) is 9.72. The summed E-state index contributed by atoms with van der Waals surface area (Å²) < 4.78 is 7.74. The molecule has 4 rings (SSSR count). The lowest BCUT2D eigenvalue weighted by Gasteiger charge is -2.05. The molecule has 0 bridgehead atoms. The number of benzene rings is 2. The minimum Gasteiger partial charge on any atom is -0.422 e. The third-order valence-corrected chi connectivity index (χ3v) is 5.47. The normalized spacial score (nSPS) is 11.1. The lowest BCUT2D eigenvalue weighted by molar-refractivity contribution is 0.0740. The van der Waals surface area contributed by atoms with Crippen molar-refractivity contribution in [1.29, 1.82) is 0 Å². The van der Waals surface area contributed by atoms with Crippen LogP contribution in [0.4, 0.5) is 0 Å². The molecule has 4 aromatic rings. The van der Waals surface area contributed by atoms with Gasteiger partial charge >= 0.3 is 5.97 Å². The van der Waals surface area contributed by atoms with Crippen LogP contribution < -0.4 is 4.74 Å². The third kappa shape index (κ3) is 3.38. The van der Waals surface area contributed by atoms with Crippen molar-refractivity contribution in [3.63, 3.8) is 0 Å². The number of ether oxygens (including phenoxy) is 1. The maximum absolute atomic E-state index is 12.6. The van der Waals surface area contributed by atoms with Gasteiger partial charge in [-0.2, -0.15) is 0 Å². The highest BCUT2D eigenvalue weighted by Gasteiger charge is 2.17. The number of aromatic nitrogens is 2. The highest BCUT2D eigenvalue weighted by Crippen LogP contribution is 2.31. The molecule has 0 aliphatic carbocycles. The standard InChI is InChI=1S/C22H20N2O2S/c1-4-24-18-8-6-5-7-17(18)23-21(24)19-9-10-20(27-19)22(25)26-16-12-14(2)11-15(3)13-16/h5-13H,4H2,1-3H3. The lowest BCUT2D eigenvalue weighted by Crippen LogP contribution is -2.06. The van der Waals surface area contributed by atoms with E-state index in [4.69, 9.17) is 9.72 Å². The van der Waals surface area contributed by atoms with E-state index in [0.717, 1.165) is 39.4 Å². The summed E-state index contributed by atoms with van der Waals surface area (Å²) in [4.78, 5) is 18.9. The van der Waals surface area contributed by atoms with Crippen molar-refractivity contribution in [1.82, 2.24) is 9.55 Å². The molecule has 0 saturated heterocycles. The summed E-state index contributed by atoms with van der Waals surface area (Å²) in [6.07, 6.45) is 0. The van der Waals surface area contributed by atoms with Crippen LogP contribution in [-0.4, -0.2) is 15.5 Å². The fourth-order valence-corrected chi connectivity index (χ4v) is 4.18. The fraction of sp³-hybridized carbons (Fsp3) is 0.182. The Morgan fingerprint density at radius 3 is 2.56 bits per heavy atom. The van der Waals surface area contributed by atoms with Crippen molar-refractivity contribution in [2.24, 2.45) is 0 Å². The van der Waals surface area contributed by atoms with E-state index < -0.39 is 0 Å². The Morgan fingerprint density at radius 2 is 1.81 bits per heavy atom. The number of nitrogens with zero attached hydrogens (tertiary/aromatic N) is 2. The second-order valence-corrected chi connectivity index (χ2v) is 7.63. The van der Waals surface area contributed by atoms with Gasteiger partial charge in [-0.3, -0.25) is 0 Å². The molecular weight excluding hydrogens is 356 g/mol. The summed E-state index contributed by atoms with van der Waals surface area (Å²) in [5.41, 5.74) is 4.20. The van der Waals surface area contributed by atoms with E-state index >= 15 is 0 Å². The van der Waals surface area contributed by atoms with Gasteiger partial charge in [0.2, 0.25) is 0 Å². The molecule has 0 saturated carbocycles. The van der Waals surface area contributed by atoms with Crippen LogP contribution in [0.2, 0.25) is 0 Å². The summed E-state index contributed by atoms with van der Waals surface area (Å²) in [6.45, 7) is 6.89. The number of carbonyl (C=O) groups excluding carboxylic acids is 1. The van der Waals surface area contributed by atoms with Crippen molar-refractivity contribution >= 4 is 28.3 Å². The molecule has 0 radical (unpaired) electrons. The number of rotatable bonds is 4. The molecule has 2 heterocycles. The Hall–Kier alpha value is -2.92. The molecule has 27 heavy (non-hydrogen) atoms. The molecule has 0 N–H and O–H groups in total. The summed E-state index contributed by atoms with van der Waals surface area (Å²) in [7, 11) is 0. The molecule has 0 aliphatic heterocycles. The first-order chi connectivity index (χ1) is 13.0. The van der Waals surface area contributed by atoms with Crippen LogP contribution >= 0.6 is 11.3 Å². The zero-order valence-electron chi connectivity index (χ0n) is 15.5. The zero-order valence-corrected chi connectivity index (χ0v) is 16.3. The van der Waals surface area contributed by atoms with E-state index in [2.05, 4.69) is 23.6 Å². The van der Waals surface area contributed by atoms with Gasteiger partial charge in [-0.05, 0) is 68.3 Å². The van der Waals surface area contributed by atoms with Gasteiger partial charge in [0.25, 0.3) is 0 Å². The van der Waals surface area contributed by atoms with E-state index in [1.807, 2.05) is 56.3 Å². The van der Waals surface area contributed by atoms with Gasteiger partial charge in [0.05, 0.1) is 15.9 Å². The van der Waals surface area contributed by atoms with Gasteiger partial charge in [-0.15, -0.1) is 11.3 Å².